The van der Waals surface area contributed by atoms with Crippen molar-refractivity contribution >= 4 is 23.6 Å². The van der Waals surface area contributed by atoms with E-state index in [0.717, 1.165) is 6.07 Å². The van der Waals surface area contributed by atoms with Crippen molar-refractivity contribution in [3.63, 3.8) is 0 Å². The first-order valence-electron chi connectivity index (χ1n) is 8.71. The zero-order valence-electron chi connectivity index (χ0n) is 15.1. The molecule has 8 nitrogen and oxygen atoms in total. The Morgan fingerprint density at radius 3 is 2.00 bits per heavy atom. The Bertz CT molecular complexity index is 813. The molecule has 2 atom stereocenters. The smallest absolute Gasteiger partial charge is 0.257 e. The van der Waals surface area contributed by atoms with Gasteiger partial charge in [-0.3, -0.25) is 19.2 Å². The first kappa shape index (κ1) is 18.8. The number of halogens is 1. The molecule has 0 radical (unpaired) electrons. The van der Waals surface area contributed by atoms with Crippen molar-refractivity contribution in [1.82, 2.24) is 20.4 Å². The van der Waals surface area contributed by atoms with Crippen molar-refractivity contribution < 1.29 is 23.6 Å². The molecule has 1 aromatic carbocycles. The lowest BCUT2D eigenvalue weighted by Crippen LogP contribution is -2.55. The molecule has 2 saturated heterocycles. The summed E-state index contributed by atoms with van der Waals surface area (Å²) in [4.78, 5) is 51.3. The van der Waals surface area contributed by atoms with Gasteiger partial charge in [-0.15, -0.1) is 0 Å². The van der Waals surface area contributed by atoms with Crippen LogP contribution in [0, 0.1) is 5.82 Å². The molecule has 1 aromatic rings. The maximum absolute atomic E-state index is 14.3. The number of piperazine rings is 2. The molecule has 2 aliphatic rings. The molecule has 2 heterocycles. The third-order valence-corrected chi connectivity index (χ3v) is 4.49. The number of nitrogens with one attached hydrogen (secondary N) is 2. The number of hydrogen-bond donors (Lipinski definition) is 2. The molecule has 27 heavy (non-hydrogen) atoms. The molecule has 2 fully saturated rings. The van der Waals surface area contributed by atoms with Gasteiger partial charge in [-0.2, -0.15) is 0 Å². The van der Waals surface area contributed by atoms with Crippen LogP contribution in [0.4, 0.5) is 4.39 Å². The highest BCUT2D eigenvalue weighted by atomic mass is 19.1. The van der Waals surface area contributed by atoms with Gasteiger partial charge in [0.2, 0.25) is 11.8 Å². The van der Waals surface area contributed by atoms with Gasteiger partial charge in [-0.25, -0.2) is 4.39 Å². The minimum atomic E-state index is -0.764. The topological polar surface area (TPSA) is 98.8 Å². The van der Waals surface area contributed by atoms with E-state index in [0.29, 0.717) is 6.54 Å². The fraction of sp³-hybridized carbons (Fsp3) is 0.444. The summed E-state index contributed by atoms with van der Waals surface area (Å²) in [6.45, 7) is 3.86. The number of hydrogen-bond acceptors (Lipinski definition) is 4. The van der Waals surface area contributed by atoms with E-state index in [4.69, 9.17) is 0 Å². The van der Waals surface area contributed by atoms with Crippen molar-refractivity contribution in [2.24, 2.45) is 0 Å². The van der Waals surface area contributed by atoms with Gasteiger partial charge in [0.1, 0.15) is 5.82 Å². The highest BCUT2D eigenvalue weighted by Gasteiger charge is 2.30. The Morgan fingerprint density at radius 2 is 1.48 bits per heavy atom. The highest BCUT2D eigenvalue weighted by Crippen LogP contribution is 2.17. The van der Waals surface area contributed by atoms with Crippen molar-refractivity contribution in [3.8, 4) is 0 Å². The Labute approximate surface area is 155 Å². The molecule has 2 N–H and O–H groups in total. The van der Waals surface area contributed by atoms with Crippen LogP contribution in [0.3, 0.4) is 0 Å². The molecule has 0 saturated carbocycles. The number of carbonyl (C=O) groups excluding carboxylic acids is 4. The zero-order chi connectivity index (χ0) is 19.7. The van der Waals surface area contributed by atoms with Gasteiger partial charge < -0.3 is 20.4 Å². The fourth-order valence-corrected chi connectivity index (χ4v) is 3.35. The lowest BCUT2D eigenvalue weighted by Gasteiger charge is -2.32. The highest BCUT2D eigenvalue weighted by molar-refractivity contribution is 6.02. The van der Waals surface area contributed by atoms with Crippen molar-refractivity contribution in [3.05, 3.63) is 35.1 Å². The number of rotatable bonds is 2. The summed E-state index contributed by atoms with van der Waals surface area (Å²) in [5.74, 6) is -2.44. The fourth-order valence-electron chi connectivity index (χ4n) is 3.35. The van der Waals surface area contributed by atoms with E-state index in [-0.39, 0.29) is 54.7 Å². The third kappa shape index (κ3) is 4.07. The third-order valence-electron chi connectivity index (χ3n) is 4.49. The summed E-state index contributed by atoms with van der Waals surface area (Å²) in [6, 6.07) is 3.11. The van der Waals surface area contributed by atoms with E-state index in [2.05, 4.69) is 10.6 Å². The lowest BCUT2D eigenvalue weighted by atomic mass is 10.1. The largest absolute Gasteiger partial charge is 0.350 e. The Kier molecular flexibility index (Phi) is 5.11. The van der Waals surface area contributed by atoms with Crippen molar-refractivity contribution in [1.29, 1.82) is 0 Å². The molecule has 2 unspecified atom stereocenters. The summed E-state index contributed by atoms with van der Waals surface area (Å²) in [5, 5.41) is 5.40. The second-order valence-electron chi connectivity index (χ2n) is 7.00. The first-order valence-corrected chi connectivity index (χ1v) is 8.71. The number of carbonyl (C=O) groups is 4. The minimum Gasteiger partial charge on any atom is -0.350 e. The molecule has 9 heteroatoms. The van der Waals surface area contributed by atoms with Crippen LogP contribution in [0.5, 0.6) is 0 Å². The lowest BCUT2D eigenvalue weighted by molar-refractivity contribution is -0.125. The van der Waals surface area contributed by atoms with Gasteiger partial charge in [0, 0.05) is 30.7 Å². The standard InChI is InChI=1S/C18H21FN4O4/c1-10-6-22(8-15(24)20-10)17(26)12-3-4-14(19)13(5-12)18(27)23-7-11(2)21-16(25)9-23/h3-5,10-11H,6-9H2,1-2H3,(H,20,24)(H,21,25). The van der Waals surface area contributed by atoms with Crippen molar-refractivity contribution in [2.75, 3.05) is 26.2 Å². The molecular formula is C18H21FN4O4. The second kappa shape index (κ2) is 7.34. The van der Waals surface area contributed by atoms with Crippen molar-refractivity contribution in [2.45, 2.75) is 25.9 Å². The van der Waals surface area contributed by atoms with E-state index < -0.39 is 17.6 Å². The monoisotopic (exact) mass is 376 g/mol. The predicted octanol–water partition coefficient (Wildman–Crippen LogP) is -0.253. The first-order chi connectivity index (χ1) is 12.7. The molecule has 144 valence electrons. The number of nitrogens with zero attached hydrogens (tertiary/aromatic N) is 2. The number of benzene rings is 1. The predicted molar refractivity (Wildman–Crippen MR) is 93.4 cm³/mol. The van der Waals surface area contributed by atoms with Gasteiger partial charge in [0.25, 0.3) is 11.8 Å². The van der Waals surface area contributed by atoms with E-state index >= 15 is 0 Å². The summed E-state index contributed by atoms with van der Waals surface area (Å²) in [5.41, 5.74) is -0.145. The average Bonchev–Trinajstić information content (AvgIpc) is 2.59. The maximum Gasteiger partial charge on any atom is 0.257 e. The van der Waals surface area contributed by atoms with Crippen LogP contribution in [0.15, 0.2) is 18.2 Å². The van der Waals surface area contributed by atoms with Crippen LogP contribution in [-0.4, -0.2) is 71.7 Å². The molecule has 0 aromatic heterocycles. The Balaban J connectivity index is 1.83. The van der Waals surface area contributed by atoms with Gasteiger partial charge >= 0.3 is 0 Å². The number of amides is 4. The van der Waals surface area contributed by atoms with Crippen LogP contribution in [-0.2, 0) is 9.59 Å². The normalized spacial score (nSPS) is 22.9. The van der Waals surface area contributed by atoms with E-state index in [1.807, 2.05) is 0 Å². The minimum absolute atomic E-state index is 0.0896. The molecule has 2 aliphatic heterocycles. The van der Waals surface area contributed by atoms with Gasteiger partial charge in [0.15, 0.2) is 0 Å². The second-order valence-corrected chi connectivity index (χ2v) is 7.00. The van der Waals surface area contributed by atoms with Crippen LogP contribution in [0.25, 0.3) is 0 Å². The van der Waals surface area contributed by atoms with Crippen LogP contribution in [0.2, 0.25) is 0 Å². The van der Waals surface area contributed by atoms with E-state index in [1.165, 1.54) is 21.9 Å². The summed E-state index contributed by atoms with van der Waals surface area (Å²) in [6.07, 6.45) is 0. The molecule has 0 bridgehead atoms. The summed E-state index contributed by atoms with van der Waals surface area (Å²) in [7, 11) is 0. The molecular weight excluding hydrogens is 355 g/mol. The molecule has 0 aliphatic carbocycles. The van der Waals surface area contributed by atoms with Gasteiger partial charge in [-0.05, 0) is 32.0 Å². The zero-order valence-corrected chi connectivity index (χ0v) is 15.1. The molecule has 4 amide bonds. The Hall–Kier alpha value is -2.97. The average molecular weight is 376 g/mol. The molecule has 0 spiro atoms. The quantitative estimate of drug-likeness (QED) is 0.743. The van der Waals surface area contributed by atoms with Crippen LogP contribution < -0.4 is 10.6 Å². The summed E-state index contributed by atoms with van der Waals surface area (Å²) >= 11 is 0. The van der Waals surface area contributed by atoms with E-state index in [1.54, 1.807) is 13.8 Å². The summed E-state index contributed by atoms with van der Waals surface area (Å²) < 4.78 is 14.3. The Morgan fingerprint density at radius 1 is 0.963 bits per heavy atom. The van der Waals surface area contributed by atoms with Gasteiger partial charge in [0.05, 0.1) is 18.7 Å². The molecule has 3 rings (SSSR count). The SMILES string of the molecule is CC1CN(C(=O)c2ccc(F)c(C(=O)N3CC(=O)NC(C)C3)c2)CC(=O)N1. The maximum atomic E-state index is 14.3. The van der Waals surface area contributed by atoms with E-state index in [9.17, 15) is 23.6 Å². The van der Waals surface area contributed by atoms with Crippen LogP contribution in [0.1, 0.15) is 34.6 Å². The van der Waals surface area contributed by atoms with Crippen LogP contribution >= 0.6 is 0 Å². The van der Waals surface area contributed by atoms with Gasteiger partial charge in [-0.1, -0.05) is 0 Å².